The Morgan fingerprint density at radius 3 is 2.54 bits per heavy atom. The molecule has 128 valence electrons. The molecule has 0 bridgehead atoms. The Balaban J connectivity index is 1.99. The lowest BCUT2D eigenvalue weighted by atomic mass is 10.0. The summed E-state index contributed by atoms with van der Waals surface area (Å²) < 4.78 is 0. The summed E-state index contributed by atoms with van der Waals surface area (Å²) in [4.78, 5) is 28.9. The van der Waals surface area contributed by atoms with Gasteiger partial charge < -0.3 is 10.6 Å². The number of carbonyl (C=O) groups is 2. The number of aromatic nitrogens is 1. The van der Waals surface area contributed by atoms with E-state index >= 15 is 0 Å². The SMILES string of the molecule is CC(C)CC(NC(=O)c1ccc(Cl)cc1)C(=O)NCc1nccs1. The first-order chi connectivity index (χ1) is 11.5. The van der Waals surface area contributed by atoms with E-state index in [9.17, 15) is 9.59 Å². The molecule has 0 aliphatic carbocycles. The Kier molecular flexibility index (Phi) is 6.75. The summed E-state index contributed by atoms with van der Waals surface area (Å²) in [5.41, 5.74) is 0.473. The molecule has 0 spiro atoms. The number of amides is 2. The van der Waals surface area contributed by atoms with Crippen molar-refractivity contribution < 1.29 is 9.59 Å². The second-order valence-corrected chi connectivity index (χ2v) is 7.22. The van der Waals surface area contributed by atoms with Gasteiger partial charge in [0.2, 0.25) is 5.91 Å². The zero-order valence-electron chi connectivity index (χ0n) is 13.6. The lowest BCUT2D eigenvalue weighted by Gasteiger charge is -2.20. The van der Waals surface area contributed by atoms with E-state index in [1.165, 1.54) is 11.3 Å². The quantitative estimate of drug-likeness (QED) is 0.791. The van der Waals surface area contributed by atoms with Crippen LogP contribution < -0.4 is 10.6 Å². The van der Waals surface area contributed by atoms with Crippen LogP contribution in [0.3, 0.4) is 0 Å². The second-order valence-electron chi connectivity index (χ2n) is 5.81. The summed E-state index contributed by atoms with van der Waals surface area (Å²) in [5, 5.41) is 8.88. The van der Waals surface area contributed by atoms with Crippen molar-refractivity contribution in [1.29, 1.82) is 0 Å². The molecule has 0 saturated heterocycles. The number of hydrogen-bond donors (Lipinski definition) is 2. The minimum Gasteiger partial charge on any atom is -0.348 e. The third-order valence-electron chi connectivity index (χ3n) is 3.33. The Hall–Kier alpha value is -1.92. The molecule has 1 unspecified atom stereocenters. The van der Waals surface area contributed by atoms with Crippen LogP contribution in [0.15, 0.2) is 35.8 Å². The number of carbonyl (C=O) groups excluding carboxylic acids is 2. The number of nitrogens with zero attached hydrogens (tertiary/aromatic N) is 1. The van der Waals surface area contributed by atoms with Gasteiger partial charge in [-0.15, -0.1) is 11.3 Å². The fourth-order valence-corrected chi connectivity index (χ4v) is 2.85. The highest BCUT2D eigenvalue weighted by molar-refractivity contribution is 7.09. The third-order valence-corrected chi connectivity index (χ3v) is 4.36. The highest BCUT2D eigenvalue weighted by Gasteiger charge is 2.22. The van der Waals surface area contributed by atoms with Gasteiger partial charge >= 0.3 is 0 Å². The molecular weight excluding hydrogens is 346 g/mol. The van der Waals surface area contributed by atoms with Gasteiger partial charge in [-0.05, 0) is 36.6 Å². The van der Waals surface area contributed by atoms with E-state index in [4.69, 9.17) is 11.6 Å². The summed E-state index contributed by atoms with van der Waals surface area (Å²) in [6, 6.07) is 5.98. The van der Waals surface area contributed by atoms with Crippen molar-refractivity contribution in [2.75, 3.05) is 0 Å². The second kappa shape index (κ2) is 8.80. The van der Waals surface area contributed by atoms with E-state index in [-0.39, 0.29) is 17.7 Å². The molecule has 1 aromatic heterocycles. The molecule has 1 atom stereocenters. The topological polar surface area (TPSA) is 71.1 Å². The molecule has 2 amide bonds. The predicted octanol–water partition coefficient (Wildman–Crippen LogP) is 3.26. The summed E-state index contributed by atoms with van der Waals surface area (Å²) in [6.07, 6.45) is 2.25. The largest absolute Gasteiger partial charge is 0.348 e. The molecule has 7 heteroatoms. The molecule has 0 aliphatic heterocycles. The maximum Gasteiger partial charge on any atom is 0.251 e. The van der Waals surface area contributed by atoms with Crippen LogP contribution in [0.1, 0.15) is 35.6 Å². The van der Waals surface area contributed by atoms with E-state index in [2.05, 4.69) is 15.6 Å². The maximum atomic E-state index is 12.4. The van der Waals surface area contributed by atoms with Crippen LogP contribution in [0.5, 0.6) is 0 Å². The average molecular weight is 366 g/mol. The molecule has 2 aromatic rings. The number of rotatable bonds is 7. The molecule has 0 radical (unpaired) electrons. The summed E-state index contributed by atoms with van der Waals surface area (Å²) >= 11 is 7.31. The van der Waals surface area contributed by atoms with Gasteiger partial charge in [0.1, 0.15) is 11.0 Å². The molecular formula is C17H20ClN3O2S. The first-order valence-corrected chi connectivity index (χ1v) is 8.94. The van der Waals surface area contributed by atoms with Crippen molar-refractivity contribution in [2.24, 2.45) is 5.92 Å². The van der Waals surface area contributed by atoms with E-state index in [1.54, 1.807) is 30.5 Å². The number of hydrogen-bond acceptors (Lipinski definition) is 4. The van der Waals surface area contributed by atoms with E-state index < -0.39 is 6.04 Å². The van der Waals surface area contributed by atoms with E-state index in [0.717, 1.165) is 5.01 Å². The number of benzene rings is 1. The monoisotopic (exact) mass is 365 g/mol. The number of halogens is 1. The van der Waals surface area contributed by atoms with Gasteiger partial charge in [0, 0.05) is 22.2 Å². The van der Waals surface area contributed by atoms with Crippen LogP contribution in [0.4, 0.5) is 0 Å². The van der Waals surface area contributed by atoms with Crippen molar-refractivity contribution in [2.45, 2.75) is 32.9 Å². The number of nitrogens with one attached hydrogen (secondary N) is 2. The molecule has 1 heterocycles. The van der Waals surface area contributed by atoms with Crippen molar-refractivity contribution in [3.63, 3.8) is 0 Å². The molecule has 0 fully saturated rings. The van der Waals surface area contributed by atoms with Gasteiger partial charge in [0.25, 0.3) is 5.91 Å². The first-order valence-electron chi connectivity index (χ1n) is 7.68. The molecule has 0 saturated carbocycles. The Morgan fingerprint density at radius 2 is 1.96 bits per heavy atom. The predicted molar refractivity (Wildman–Crippen MR) is 96.1 cm³/mol. The molecule has 2 N–H and O–H groups in total. The Bertz CT molecular complexity index is 672. The normalized spacial score (nSPS) is 12.0. The fourth-order valence-electron chi connectivity index (χ4n) is 2.17. The van der Waals surface area contributed by atoms with Crippen LogP contribution in [0.25, 0.3) is 0 Å². The Morgan fingerprint density at radius 1 is 1.25 bits per heavy atom. The zero-order chi connectivity index (χ0) is 17.5. The smallest absolute Gasteiger partial charge is 0.251 e. The van der Waals surface area contributed by atoms with Crippen LogP contribution >= 0.6 is 22.9 Å². The van der Waals surface area contributed by atoms with Gasteiger partial charge in [-0.3, -0.25) is 9.59 Å². The maximum absolute atomic E-state index is 12.4. The minimum atomic E-state index is -0.590. The molecule has 0 aliphatic rings. The van der Waals surface area contributed by atoms with Crippen LogP contribution in [-0.4, -0.2) is 22.8 Å². The summed E-state index contributed by atoms with van der Waals surface area (Å²) in [5.74, 6) is -0.228. The minimum absolute atomic E-state index is 0.207. The zero-order valence-corrected chi connectivity index (χ0v) is 15.2. The lowest BCUT2D eigenvalue weighted by molar-refractivity contribution is -0.123. The van der Waals surface area contributed by atoms with Crippen molar-refractivity contribution in [3.8, 4) is 0 Å². The number of thiazole rings is 1. The first kappa shape index (κ1) is 18.4. The van der Waals surface area contributed by atoms with Gasteiger partial charge in [0.05, 0.1) is 6.54 Å². The van der Waals surface area contributed by atoms with E-state index in [1.807, 2.05) is 19.2 Å². The van der Waals surface area contributed by atoms with Crippen LogP contribution in [0, 0.1) is 5.92 Å². The summed E-state index contributed by atoms with van der Waals surface area (Å²) in [6.45, 7) is 4.38. The van der Waals surface area contributed by atoms with Crippen molar-refractivity contribution in [3.05, 3.63) is 51.4 Å². The fraction of sp³-hybridized carbons (Fsp3) is 0.353. The molecule has 2 rings (SSSR count). The standard InChI is InChI=1S/C17H20ClN3O2S/c1-11(2)9-14(17(23)20-10-15-19-7-8-24-15)21-16(22)12-3-5-13(18)6-4-12/h3-8,11,14H,9-10H2,1-2H3,(H,20,23)(H,21,22). The van der Waals surface area contributed by atoms with Crippen LogP contribution in [-0.2, 0) is 11.3 Å². The Labute approximate surface area is 150 Å². The van der Waals surface area contributed by atoms with E-state index in [0.29, 0.717) is 23.6 Å². The molecule has 1 aromatic carbocycles. The molecule has 24 heavy (non-hydrogen) atoms. The average Bonchev–Trinajstić information content (AvgIpc) is 3.05. The van der Waals surface area contributed by atoms with Crippen molar-refractivity contribution >= 4 is 34.8 Å². The van der Waals surface area contributed by atoms with Crippen LogP contribution in [0.2, 0.25) is 5.02 Å². The van der Waals surface area contributed by atoms with Crippen molar-refractivity contribution in [1.82, 2.24) is 15.6 Å². The lowest BCUT2D eigenvalue weighted by Crippen LogP contribution is -2.47. The van der Waals surface area contributed by atoms with Gasteiger partial charge in [0.15, 0.2) is 0 Å². The highest BCUT2D eigenvalue weighted by atomic mass is 35.5. The summed E-state index contributed by atoms with van der Waals surface area (Å²) in [7, 11) is 0. The van der Waals surface area contributed by atoms with Gasteiger partial charge in [-0.2, -0.15) is 0 Å². The van der Waals surface area contributed by atoms with Gasteiger partial charge in [-0.25, -0.2) is 4.98 Å². The molecule has 5 nitrogen and oxygen atoms in total. The third kappa shape index (κ3) is 5.62. The van der Waals surface area contributed by atoms with Gasteiger partial charge in [-0.1, -0.05) is 25.4 Å². The highest BCUT2D eigenvalue weighted by Crippen LogP contribution is 2.11.